The van der Waals surface area contributed by atoms with E-state index in [1.807, 2.05) is 6.07 Å². The molecule has 2 rings (SSSR count). The van der Waals surface area contributed by atoms with Gasteiger partial charge in [-0.15, -0.1) is 0 Å². The average Bonchev–Trinajstić information content (AvgIpc) is 2.46. The third-order valence-electron chi connectivity index (χ3n) is 2.87. The molecule has 0 atom stereocenters. The number of thiocarbonyl (C=S) groups is 1. The van der Waals surface area contributed by atoms with Crippen LogP contribution < -0.4 is 20.9 Å². The number of hydrogen-bond donors (Lipinski definition) is 4. The SMILES string of the molecule is NS(=O)(=O)c1ccc(NC(=S)Nc2ccccc2)c(S(N)(=O)=O)c1. The molecule has 0 aliphatic carbocycles. The highest BCUT2D eigenvalue weighted by atomic mass is 32.2. The van der Waals surface area contributed by atoms with Crippen molar-refractivity contribution in [1.82, 2.24) is 0 Å². The monoisotopic (exact) mass is 386 g/mol. The van der Waals surface area contributed by atoms with Gasteiger partial charge in [-0.05, 0) is 42.5 Å². The zero-order chi connectivity index (χ0) is 18.0. The molecule has 0 bridgehead atoms. The van der Waals surface area contributed by atoms with Crippen LogP contribution in [-0.2, 0) is 20.0 Å². The van der Waals surface area contributed by atoms with Crippen molar-refractivity contribution in [1.29, 1.82) is 0 Å². The van der Waals surface area contributed by atoms with Crippen molar-refractivity contribution in [2.45, 2.75) is 9.79 Å². The van der Waals surface area contributed by atoms with E-state index in [1.165, 1.54) is 6.07 Å². The number of sulfonamides is 2. The van der Waals surface area contributed by atoms with Crippen molar-refractivity contribution in [2.24, 2.45) is 10.3 Å². The lowest BCUT2D eigenvalue weighted by Crippen LogP contribution is -2.23. The second-order valence-electron chi connectivity index (χ2n) is 4.69. The molecule has 0 radical (unpaired) electrons. The second-order valence-corrected chi connectivity index (χ2v) is 8.19. The zero-order valence-electron chi connectivity index (χ0n) is 12.1. The molecule has 0 saturated carbocycles. The van der Waals surface area contributed by atoms with Gasteiger partial charge >= 0.3 is 0 Å². The summed E-state index contributed by atoms with van der Waals surface area (Å²) in [5.41, 5.74) is 0.714. The van der Waals surface area contributed by atoms with Crippen LogP contribution in [0.4, 0.5) is 11.4 Å². The van der Waals surface area contributed by atoms with Gasteiger partial charge in [-0.2, -0.15) is 0 Å². The molecule has 2 aromatic rings. The Morgan fingerprint density at radius 2 is 1.50 bits per heavy atom. The number of hydrogen-bond acceptors (Lipinski definition) is 5. The maximum Gasteiger partial charge on any atom is 0.240 e. The number of primary sulfonamides is 2. The third kappa shape index (κ3) is 4.72. The van der Waals surface area contributed by atoms with E-state index in [4.69, 9.17) is 22.5 Å². The molecule has 0 aliphatic rings. The molecular formula is C13H14N4O4S3. The number of nitrogens with two attached hydrogens (primary N) is 2. The van der Waals surface area contributed by atoms with E-state index in [0.717, 1.165) is 12.1 Å². The lowest BCUT2D eigenvalue weighted by Gasteiger charge is -2.14. The normalized spacial score (nSPS) is 11.8. The lowest BCUT2D eigenvalue weighted by molar-refractivity contribution is 0.596. The molecule has 0 saturated heterocycles. The number of rotatable bonds is 4. The summed E-state index contributed by atoms with van der Waals surface area (Å²) < 4.78 is 46.2. The number of nitrogens with one attached hydrogen (secondary N) is 2. The van der Waals surface area contributed by atoms with Gasteiger partial charge in [0.15, 0.2) is 5.11 Å². The molecule has 0 aliphatic heterocycles. The van der Waals surface area contributed by atoms with Gasteiger partial charge in [0.2, 0.25) is 20.0 Å². The predicted molar refractivity (Wildman–Crippen MR) is 95.5 cm³/mol. The lowest BCUT2D eigenvalue weighted by atomic mass is 10.3. The van der Waals surface area contributed by atoms with Crippen LogP contribution in [0.15, 0.2) is 58.3 Å². The Morgan fingerprint density at radius 1 is 0.875 bits per heavy atom. The minimum Gasteiger partial charge on any atom is -0.332 e. The van der Waals surface area contributed by atoms with Crippen LogP contribution in [0.3, 0.4) is 0 Å². The Hall–Kier alpha value is -2.05. The first-order valence-corrected chi connectivity index (χ1v) is 9.90. The van der Waals surface area contributed by atoms with Crippen LogP contribution >= 0.6 is 12.2 Å². The molecule has 8 nitrogen and oxygen atoms in total. The van der Waals surface area contributed by atoms with Crippen molar-refractivity contribution >= 4 is 48.8 Å². The van der Waals surface area contributed by atoms with Crippen molar-refractivity contribution < 1.29 is 16.8 Å². The standard InChI is InChI=1S/C13H14N4O4S3/c14-23(18,19)10-6-7-11(12(8-10)24(15,20)21)17-13(22)16-9-4-2-1-3-5-9/h1-8H,(H2,14,18,19)(H2,15,20,21)(H2,16,17,22). The average molecular weight is 386 g/mol. The predicted octanol–water partition coefficient (Wildman–Crippen LogP) is 0.790. The molecule has 128 valence electrons. The van der Waals surface area contributed by atoms with E-state index >= 15 is 0 Å². The van der Waals surface area contributed by atoms with E-state index in [-0.39, 0.29) is 15.7 Å². The molecule has 2 aromatic carbocycles. The first-order valence-electron chi connectivity index (χ1n) is 6.40. The molecule has 6 N–H and O–H groups in total. The molecule has 0 amide bonds. The minimum absolute atomic E-state index is 0.0262. The molecule has 0 fully saturated rings. The van der Waals surface area contributed by atoms with E-state index in [9.17, 15) is 16.8 Å². The molecule has 11 heteroatoms. The van der Waals surface area contributed by atoms with Gasteiger partial charge in [0.1, 0.15) is 4.90 Å². The summed E-state index contributed by atoms with van der Waals surface area (Å²) in [7, 11) is -8.28. The Morgan fingerprint density at radius 3 is 2.04 bits per heavy atom. The highest BCUT2D eigenvalue weighted by Crippen LogP contribution is 2.24. The number of anilines is 2. The smallest absolute Gasteiger partial charge is 0.240 e. The van der Waals surface area contributed by atoms with Crippen molar-refractivity contribution in [3.05, 3.63) is 48.5 Å². The summed E-state index contributed by atoms with van der Waals surface area (Å²) >= 11 is 5.11. The maximum atomic E-state index is 11.7. The van der Waals surface area contributed by atoms with Gasteiger partial charge in [-0.1, -0.05) is 18.2 Å². The van der Waals surface area contributed by atoms with E-state index in [2.05, 4.69) is 10.6 Å². The van der Waals surface area contributed by atoms with Crippen LogP contribution in [-0.4, -0.2) is 21.9 Å². The summed E-state index contributed by atoms with van der Waals surface area (Å²) in [6.45, 7) is 0. The summed E-state index contributed by atoms with van der Waals surface area (Å²) in [5, 5.41) is 15.8. The molecule has 0 heterocycles. The molecule has 0 aromatic heterocycles. The van der Waals surface area contributed by atoms with E-state index < -0.39 is 24.9 Å². The highest BCUT2D eigenvalue weighted by Gasteiger charge is 2.19. The molecule has 24 heavy (non-hydrogen) atoms. The first kappa shape index (κ1) is 18.3. The van der Waals surface area contributed by atoms with Gasteiger partial charge < -0.3 is 10.6 Å². The molecule has 0 spiro atoms. The Balaban J connectivity index is 2.34. The summed E-state index contributed by atoms with van der Waals surface area (Å²) in [6.07, 6.45) is 0. The summed E-state index contributed by atoms with van der Waals surface area (Å²) in [5.74, 6) is 0. The Bertz CT molecular complexity index is 974. The molecular weight excluding hydrogens is 372 g/mol. The van der Waals surface area contributed by atoms with Gasteiger partial charge in [0, 0.05) is 5.69 Å². The fourth-order valence-corrected chi connectivity index (χ4v) is 3.38. The largest absolute Gasteiger partial charge is 0.332 e. The van der Waals surface area contributed by atoms with Gasteiger partial charge in [0.25, 0.3) is 0 Å². The third-order valence-corrected chi connectivity index (χ3v) is 4.93. The second kappa shape index (κ2) is 6.83. The van der Waals surface area contributed by atoms with E-state index in [0.29, 0.717) is 5.69 Å². The van der Waals surface area contributed by atoms with Crippen LogP contribution in [0.2, 0.25) is 0 Å². The van der Waals surface area contributed by atoms with Crippen molar-refractivity contribution in [2.75, 3.05) is 10.6 Å². The topological polar surface area (TPSA) is 144 Å². The van der Waals surface area contributed by atoms with Crippen LogP contribution in [0.25, 0.3) is 0 Å². The van der Waals surface area contributed by atoms with E-state index in [1.54, 1.807) is 24.3 Å². The number of para-hydroxylation sites is 1. The minimum atomic E-state index is -4.20. The van der Waals surface area contributed by atoms with Crippen molar-refractivity contribution in [3.8, 4) is 0 Å². The summed E-state index contributed by atoms with van der Waals surface area (Å²) in [4.78, 5) is -0.815. The van der Waals surface area contributed by atoms with Gasteiger partial charge in [-0.25, -0.2) is 27.1 Å². The maximum absolute atomic E-state index is 11.7. The molecule has 0 unspecified atom stereocenters. The van der Waals surface area contributed by atoms with Crippen LogP contribution in [0.1, 0.15) is 0 Å². The quantitative estimate of drug-likeness (QED) is 0.569. The van der Waals surface area contributed by atoms with Gasteiger partial charge in [0.05, 0.1) is 10.6 Å². The number of benzene rings is 2. The summed E-state index contributed by atoms with van der Waals surface area (Å²) in [6, 6.07) is 12.2. The van der Waals surface area contributed by atoms with Gasteiger partial charge in [-0.3, -0.25) is 0 Å². The fraction of sp³-hybridized carbons (Fsp3) is 0. The fourth-order valence-electron chi connectivity index (χ4n) is 1.82. The highest BCUT2D eigenvalue weighted by molar-refractivity contribution is 7.90. The Kier molecular flexibility index (Phi) is 5.20. The Labute approximate surface area is 145 Å². The first-order chi connectivity index (χ1) is 11.1. The zero-order valence-corrected chi connectivity index (χ0v) is 14.6. The van der Waals surface area contributed by atoms with Crippen LogP contribution in [0.5, 0.6) is 0 Å². The van der Waals surface area contributed by atoms with Crippen molar-refractivity contribution in [3.63, 3.8) is 0 Å². The van der Waals surface area contributed by atoms with Crippen LogP contribution in [0, 0.1) is 0 Å².